The van der Waals surface area contributed by atoms with Crippen LogP contribution in [-0.4, -0.2) is 35.9 Å². The van der Waals surface area contributed by atoms with Crippen LogP contribution < -0.4 is 16.0 Å². The molecule has 0 heterocycles. The van der Waals surface area contributed by atoms with Crippen LogP contribution in [-0.2, 0) is 4.79 Å². The highest BCUT2D eigenvalue weighted by molar-refractivity contribution is 5.97. The molecule has 0 spiro atoms. The van der Waals surface area contributed by atoms with Gasteiger partial charge in [0.1, 0.15) is 11.7 Å². The van der Waals surface area contributed by atoms with Gasteiger partial charge in [0, 0.05) is 24.7 Å². The Morgan fingerprint density at radius 3 is 2.34 bits per heavy atom. The molecule has 0 bridgehead atoms. The molecule has 8 nitrogen and oxygen atoms in total. The third kappa shape index (κ3) is 6.31. The van der Waals surface area contributed by atoms with E-state index in [1.54, 1.807) is 42.5 Å². The van der Waals surface area contributed by atoms with Gasteiger partial charge in [-0.3, -0.25) is 19.7 Å². The molecule has 0 aromatic heterocycles. The van der Waals surface area contributed by atoms with Crippen LogP contribution in [0, 0.1) is 16.0 Å². The number of carbonyl (C=O) groups excluding carboxylic acids is 2. The first-order chi connectivity index (χ1) is 13.9. The number of rotatable bonds is 10. The summed E-state index contributed by atoms with van der Waals surface area (Å²) in [5.74, 6) is -0.636. The molecule has 2 amide bonds. The zero-order valence-corrected chi connectivity index (χ0v) is 16.6. The average molecular weight is 398 g/mol. The van der Waals surface area contributed by atoms with Crippen molar-refractivity contribution in [1.29, 1.82) is 0 Å². The summed E-state index contributed by atoms with van der Waals surface area (Å²) in [6.45, 7) is 4.44. The van der Waals surface area contributed by atoms with E-state index in [9.17, 15) is 19.7 Å². The Balaban J connectivity index is 1.91. The number of anilines is 1. The SMILES string of the molecule is CC[C@H](C)[C@H](NC(=O)c1ccccc1)C(=O)NCCNc1ccccc1[N+](=O)[O-]. The molecule has 3 N–H and O–H groups in total. The van der Waals surface area contributed by atoms with Crippen molar-refractivity contribution in [2.45, 2.75) is 26.3 Å². The second-order valence-corrected chi connectivity index (χ2v) is 6.69. The molecule has 2 rings (SSSR count). The fourth-order valence-electron chi connectivity index (χ4n) is 2.79. The largest absolute Gasteiger partial charge is 0.378 e. The summed E-state index contributed by atoms with van der Waals surface area (Å²) in [6, 6.07) is 14.4. The highest BCUT2D eigenvalue weighted by Crippen LogP contribution is 2.22. The van der Waals surface area contributed by atoms with Gasteiger partial charge in [-0.05, 0) is 24.1 Å². The molecule has 0 saturated carbocycles. The lowest BCUT2D eigenvalue weighted by Gasteiger charge is -2.23. The van der Waals surface area contributed by atoms with Gasteiger partial charge in [-0.25, -0.2) is 0 Å². The van der Waals surface area contributed by atoms with Crippen LogP contribution in [0.5, 0.6) is 0 Å². The van der Waals surface area contributed by atoms with Gasteiger partial charge < -0.3 is 16.0 Å². The van der Waals surface area contributed by atoms with Crippen LogP contribution in [0.15, 0.2) is 54.6 Å². The number of nitro groups is 1. The van der Waals surface area contributed by atoms with Gasteiger partial charge >= 0.3 is 0 Å². The Labute approximate surface area is 169 Å². The van der Waals surface area contributed by atoms with Gasteiger partial charge in [-0.2, -0.15) is 0 Å². The van der Waals surface area contributed by atoms with E-state index in [-0.39, 0.29) is 30.0 Å². The Bertz CT molecular complexity index is 842. The molecule has 29 heavy (non-hydrogen) atoms. The lowest BCUT2D eigenvalue weighted by Crippen LogP contribution is -2.50. The summed E-state index contributed by atoms with van der Waals surface area (Å²) in [7, 11) is 0. The fourth-order valence-corrected chi connectivity index (χ4v) is 2.79. The molecular weight excluding hydrogens is 372 g/mol. The van der Waals surface area contributed by atoms with Gasteiger partial charge in [0.05, 0.1) is 4.92 Å². The lowest BCUT2D eigenvalue weighted by atomic mass is 9.98. The zero-order valence-electron chi connectivity index (χ0n) is 16.6. The third-order valence-corrected chi connectivity index (χ3v) is 4.66. The summed E-state index contributed by atoms with van der Waals surface area (Å²) in [6.07, 6.45) is 0.724. The van der Waals surface area contributed by atoms with Crippen LogP contribution >= 0.6 is 0 Å². The lowest BCUT2D eigenvalue weighted by molar-refractivity contribution is -0.384. The van der Waals surface area contributed by atoms with Crippen molar-refractivity contribution >= 4 is 23.2 Å². The molecule has 0 fully saturated rings. The Hall–Kier alpha value is -3.42. The molecule has 2 aromatic rings. The van der Waals surface area contributed by atoms with Gasteiger partial charge in [0.15, 0.2) is 0 Å². The Kier molecular flexibility index (Phi) is 8.14. The number of nitro benzene ring substituents is 1. The van der Waals surface area contributed by atoms with Crippen molar-refractivity contribution in [2.75, 3.05) is 18.4 Å². The van der Waals surface area contributed by atoms with Gasteiger partial charge in [-0.1, -0.05) is 50.6 Å². The highest BCUT2D eigenvalue weighted by Gasteiger charge is 2.26. The normalized spacial score (nSPS) is 12.5. The topological polar surface area (TPSA) is 113 Å². The smallest absolute Gasteiger partial charge is 0.292 e. The van der Waals surface area contributed by atoms with Crippen LogP contribution in [0.4, 0.5) is 11.4 Å². The zero-order chi connectivity index (χ0) is 21.2. The van der Waals surface area contributed by atoms with E-state index < -0.39 is 11.0 Å². The summed E-state index contributed by atoms with van der Waals surface area (Å²) >= 11 is 0. The first kappa shape index (κ1) is 21.9. The Morgan fingerprint density at radius 2 is 1.69 bits per heavy atom. The van der Waals surface area contributed by atoms with Crippen LogP contribution in [0.3, 0.4) is 0 Å². The number of nitrogens with one attached hydrogen (secondary N) is 3. The second-order valence-electron chi connectivity index (χ2n) is 6.69. The summed E-state index contributed by atoms with van der Waals surface area (Å²) in [4.78, 5) is 35.6. The van der Waals surface area contributed by atoms with E-state index in [2.05, 4.69) is 16.0 Å². The predicted octanol–water partition coefficient (Wildman–Crippen LogP) is 2.97. The summed E-state index contributed by atoms with van der Waals surface area (Å²) in [5.41, 5.74) is 0.862. The van der Waals surface area contributed by atoms with Crippen LogP contribution in [0.25, 0.3) is 0 Å². The van der Waals surface area contributed by atoms with Gasteiger partial charge in [-0.15, -0.1) is 0 Å². The number of hydrogen-bond acceptors (Lipinski definition) is 5. The van der Waals surface area contributed by atoms with E-state index in [0.717, 1.165) is 6.42 Å². The summed E-state index contributed by atoms with van der Waals surface area (Å²) in [5, 5.41) is 19.6. The molecule has 0 aliphatic heterocycles. The van der Waals surface area contributed by atoms with E-state index in [4.69, 9.17) is 0 Å². The van der Waals surface area contributed by atoms with Crippen molar-refractivity contribution < 1.29 is 14.5 Å². The second kappa shape index (κ2) is 10.8. The predicted molar refractivity (Wildman–Crippen MR) is 112 cm³/mol. The van der Waals surface area contributed by atoms with Gasteiger partial charge in [0.2, 0.25) is 5.91 Å². The number of carbonyl (C=O) groups is 2. The molecule has 8 heteroatoms. The highest BCUT2D eigenvalue weighted by atomic mass is 16.6. The molecule has 0 aliphatic carbocycles. The minimum absolute atomic E-state index is 0.0218. The van der Waals surface area contributed by atoms with Crippen molar-refractivity contribution in [3.05, 3.63) is 70.3 Å². The molecule has 0 radical (unpaired) electrons. The maximum Gasteiger partial charge on any atom is 0.292 e. The molecule has 2 aromatic carbocycles. The average Bonchev–Trinajstić information content (AvgIpc) is 2.74. The quantitative estimate of drug-likeness (QED) is 0.323. The number of para-hydroxylation sites is 2. The molecular formula is C21H26N4O4. The maximum atomic E-state index is 12.6. The number of benzene rings is 2. The van der Waals surface area contributed by atoms with Crippen molar-refractivity contribution in [3.63, 3.8) is 0 Å². The van der Waals surface area contributed by atoms with E-state index in [1.807, 2.05) is 19.9 Å². The monoisotopic (exact) mass is 398 g/mol. The molecule has 154 valence electrons. The van der Waals surface area contributed by atoms with E-state index >= 15 is 0 Å². The van der Waals surface area contributed by atoms with Crippen LogP contribution in [0.1, 0.15) is 30.6 Å². The minimum atomic E-state index is -0.668. The first-order valence-electron chi connectivity index (χ1n) is 9.55. The van der Waals surface area contributed by atoms with E-state index in [0.29, 0.717) is 17.8 Å². The fraction of sp³-hybridized carbons (Fsp3) is 0.333. The molecule has 0 unspecified atom stereocenters. The van der Waals surface area contributed by atoms with Gasteiger partial charge in [0.25, 0.3) is 11.6 Å². The number of amides is 2. The standard InChI is InChI=1S/C21H26N4O4/c1-3-15(2)19(24-20(26)16-9-5-4-6-10-16)21(27)23-14-13-22-17-11-7-8-12-18(17)25(28)29/h4-12,15,19,22H,3,13-14H2,1-2H3,(H,23,27)(H,24,26)/t15-,19-/m0/s1. The Morgan fingerprint density at radius 1 is 1.03 bits per heavy atom. The third-order valence-electron chi connectivity index (χ3n) is 4.66. The van der Waals surface area contributed by atoms with Crippen molar-refractivity contribution in [1.82, 2.24) is 10.6 Å². The summed E-state index contributed by atoms with van der Waals surface area (Å²) < 4.78 is 0. The maximum absolute atomic E-state index is 12.6. The van der Waals surface area contributed by atoms with E-state index in [1.165, 1.54) is 6.07 Å². The number of nitrogens with zero attached hydrogens (tertiary/aromatic N) is 1. The first-order valence-corrected chi connectivity index (χ1v) is 9.55. The molecule has 2 atom stereocenters. The van der Waals surface area contributed by atoms with Crippen molar-refractivity contribution in [2.24, 2.45) is 5.92 Å². The van der Waals surface area contributed by atoms with Crippen molar-refractivity contribution in [3.8, 4) is 0 Å². The number of hydrogen-bond donors (Lipinski definition) is 3. The molecule has 0 saturated heterocycles. The van der Waals surface area contributed by atoms with Crippen LogP contribution in [0.2, 0.25) is 0 Å². The minimum Gasteiger partial charge on any atom is -0.378 e. The molecule has 0 aliphatic rings.